The van der Waals surface area contributed by atoms with E-state index in [-0.39, 0.29) is 19.2 Å². The first-order valence-electron chi connectivity index (χ1n) is 8.64. The summed E-state index contributed by atoms with van der Waals surface area (Å²) in [4.78, 5) is 24.9. The molecule has 1 N–H and O–H groups in total. The van der Waals surface area contributed by atoms with Gasteiger partial charge in [-0.1, -0.05) is 30.3 Å². The third-order valence-electron chi connectivity index (χ3n) is 4.10. The van der Waals surface area contributed by atoms with Gasteiger partial charge in [0.25, 0.3) is 5.91 Å². The van der Waals surface area contributed by atoms with Gasteiger partial charge in [-0.25, -0.2) is 0 Å². The Balaban J connectivity index is 1.24. The van der Waals surface area contributed by atoms with E-state index in [1.807, 2.05) is 42.5 Å². The standard InChI is InChI=1S/C21H17NO5S/c23-20(22-16-6-8-18-19(10-16)27-13-26-18)11-25-21(24)12-28-17-7-5-14-3-1-2-4-15(14)9-17/h1-10H,11-13H2,(H,22,23). The molecule has 3 aromatic carbocycles. The van der Waals surface area contributed by atoms with Gasteiger partial charge in [-0.05, 0) is 35.0 Å². The predicted molar refractivity (Wildman–Crippen MR) is 107 cm³/mol. The summed E-state index contributed by atoms with van der Waals surface area (Å²) in [6.45, 7) is -0.176. The SMILES string of the molecule is O=C(COC(=O)CSc1ccc2ccccc2c1)Nc1ccc2c(c1)OCO2. The van der Waals surface area contributed by atoms with E-state index in [0.717, 1.165) is 15.7 Å². The molecule has 0 aliphatic carbocycles. The highest BCUT2D eigenvalue weighted by Gasteiger charge is 2.15. The Bertz CT molecular complexity index is 1040. The highest BCUT2D eigenvalue weighted by atomic mass is 32.2. The second-order valence-electron chi connectivity index (χ2n) is 6.07. The number of carbonyl (C=O) groups excluding carboxylic acids is 2. The van der Waals surface area contributed by atoms with Gasteiger partial charge >= 0.3 is 5.97 Å². The van der Waals surface area contributed by atoms with Crippen LogP contribution in [0.1, 0.15) is 0 Å². The minimum absolute atomic E-state index is 0.135. The van der Waals surface area contributed by atoms with Crippen molar-refractivity contribution in [3.8, 4) is 11.5 Å². The second kappa shape index (κ2) is 8.22. The number of anilines is 1. The lowest BCUT2D eigenvalue weighted by atomic mass is 10.1. The number of thioether (sulfide) groups is 1. The lowest BCUT2D eigenvalue weighted by molar-refractivity contribution is -0.144. The summed E-state index contributed by atoms with van der Waals surface area (Å²) in [6.07, 6.45) is 0. The average Bonchev–Trinajstić information content (AvgIpc) is 3.18. The average molecular weight is 395 g/mol. The molecule has 0 unspecified atom stereocenters. The quantitative estimate of drug-likeness (QED) is 0.505. The fraction of sp³-hybridized carbons (Fsp3) is 0.143. The van der Waals surface area contributed by atoms with Crippen molar-refractivity contribution in [3.63, 3.8) is 0 Å². The molecular weight excluding hydrogens is 378 g/mol. The summed E-state index contributed by atoms with van der Waals surface area (Å²) < 4.78 is 15.5. The molecular formula is C21H17NO5S. The maximum absolute atomic E-state index is 12.0. The molecule has 0 saturated carbocycles. The van der Waals surface area contributed by atoms with E-state index >= 15 is 0 Å². The van der Waals surface area contributed by atoms with Gasteiger partial charge in [-0.2, -0.15) is 0 Å². The third-order valence-corrected chi connectivity index (χ3v) is 5.07. The monoisotopic (exact) mass is 395 g/mol. The molecule has 1 amide bonds. The molecule has 0 radical (unpaired) electrons. The highest BCUT2D eigenvalue weighted by molar-refractivity contribution is 8.00. The highest BCUT2D eigenvalue weighted by Crippen LogP contribution is 2.34. The van der Waals surface area contributed by atoms with E-state index in [0.29, 0.717) is 17.2 Å². The molecule has 142 valence electrons. The number of hydrogen-bond donors (Lipinski definition) is 1. The zero-order valence-corrected chi connectivity index (χ0v) is 15.7. The van der Waals surface area contributed by atoms with E-state index in [2.05, 4.69) is 5.32 Å². The van der Waals surface area contributed by atoms with Crippen molar-refractivity contribution in [2.24, 2.45) is 0 Å². The molecule has 0 saturated heterocycles. The summed E-state index contributed by atoms with van der Waals surface area (Å²) >= 11 is 1.38. The number of rotatable bonds is 6. The van der Waals surface area contributed by atoms with Crippen LogP contribution in [0.2, 0.25) is 0 Å². The van der Waals surface area contributed by atoms with Crippen LogP contribution in [-0.2, 0) is 14.3 Å². The van der Waals surface area contributed by atoms with Crippen LogP contribution in [0.5, 0.6) is 11.5 Å². The topological polar surface area (TPSA) is 73.9 Å². The number of carbonyl (C=O) groups is 2. The number of hydrogen-bond acceptors (Lipinski definition) is 6. The van der Waals surface area contributed by atoms with Gasteiger partial charge in [0.15, 0.2) is 18.1 Å². The molecule has 0 spiro atoms. The van der Waals surface area contributed by atoms with Crippen LogP contribution in [0.15, 0.2) is 65.6 Å². The van der Waals surface area contributed by atoms with E-state index in [9.17, 15) is 9.59 Å². The van der Waals surface area contributed by atoms with Crippen LogP contribution in [0.3, 0.4) is 0 Å². The molecule has 1 aliphatic rings. The number of ether oxygens (including phenoxy) is 3. The van der Waals surface area contributed by atoms with Crippen molar-refractivity contribution in [2.75, 3.05) is 24.5 Å². The van der Waals surface area contributed by atoms with Crippen LogP contribution in [0.25, 0.3) is 10.8 Å². The molecule has 0 aromatic heterocycles. The van der Waals surface area contributed by atoms with Crippen molar-refractivity contribution in [2.45, 2.75) is 4.90 Å². The van der Waals surface area contributed by atoms with Gasteiger partial charge in [-0.15, -0.1) is 11.8 Å². The summed E-state index contributed by atoms with van der Waals surface area (Å²) in [6, 6.07) is 19.1. The smallest absolute Gasteiger partial charge is 0.316 e. The summed E-state index contributed by atoms with van der Waals surface area (Å²) in [7, 11) is 0. The normalized spacial score (nSPS) is 12.0. The van der Waals surface area contributed by atoms with Crippen LogP contribution in [0.4, 0.5) is 5.69 Å². The fourth-order valence-corrected chi connectivity index (χ4v) is 3.50. The Morgan fingerprint density at radius 2 is 1.79 bits per heavy atom. The van der Waals surface area contributed by atoms with Gasteiger partial charge in [0.1, 0.15) is 0 Å². The molecule has 1 aliphatic heterocycles. The number of fused-ring (bicyclic) bond motifs is 2. The Morgan fingerprint density at radius 3 is 2.68 bits per heavy atom. The summed E-state index contributed by atoms with van der Waals surface area (Å²) in [5.41, 5.74) is 0.552. The van der Waals surface area contributed by atoms with E-state index in [1.54, 1.807) is 18.2 Å². The number of nitrogens with one attached hydrogen (secondary N) is 1. The Morgan fingerprint density at radius 1 is 0.964 bits per heavy atom. The molecule has 0 bridgehead atoms. The maximum atomic E-state index is 12.0. The second-order valence-corrected chi connectivity index (χ2v) is 7.12. The molecule has 4 rings (SSSR count). The lowest BCUT2D eigenvalue weighted by Crippen LogP contribution is -2.21. The Kier molecular flexibility index (Phi) is 5.34. The van der Waals surface area contributed by atoms with Gasteiger partial charge in [0.2, 0.25) is 6.79 Å². The van der Waals surface area contributed by atoms with Crippen LogP contribution in [0, 0.1) is 0 Å². The zero-order chi connectivity index (χ0) is 19.3. The van der Waals surface area contributed by atoms with E-state index in [4.69, 9.17) is 14.2 Å². The molecule has 6 nitrogen and oxygen atoms in total. The van der Waals surface area contributed by atoms with Gasteiger partial charge in [-0.3, -0.25) is 9.59 Å². The minimum atomic E-state index is -0.445. The van der Waals surface area contributed by atoms with Gasteiger partial charge in [0.05, 0.1) is 5.75 Å². The van der Waals surface area contributed by atoms with Crippen molar-refractivity contribution in [1.29, 1.82) is 0 Å². The van der Waals surface area contributed by atoms with Crippen LogP contribution < -0.4 is 14.8 Å². The van der Waals surface area contributed by atoms with Crippen molar-refractivity contribution >= 4 is 40.1 Å². The van der Waals surface area contributed by atoms with Crippen LogP contribution in [-0.4, -0.2) is 31.0 Å². The van der Waals surface area contributed by atoms with E-state index in [1.165, 1.54) is 11.8 Å². The minimum Gasteiger partial charge on any atom is -0.455 e. The Hall–Kier alpha value is -3.19. The number of amides is 1. The molecule has 7 heteroatoms. The van der Waals surface area contributed by atoms with Crippen molar-refractivity contribution in [3.05, 3.63) is 60.7 Å². The Labute approximate surface area is 165 Å². The molecule has 0 fully saturated rings. The predicted octanol–water partition coefficient (Wildman–Crippen LogP) is 3.84. The zero-order valence-electron chi connectivity index (χ0n) is 14.8. The largest absolute Gasteiger partial charge is 0.455 e. The molecule has 1 heterocycles. The lowest BCUT2D eigenvalue weighted by Gasteiger charge is -2.07. The maximum Gasteiger partial charge on any atom is 0.316 e. The molecule has 0 atom stereocenters. The number of esters is 1. The third kappa shape index (κ3) is 4.37. The first-order chi connectivity index (χ1) is 13.7. The summed E-state index contributed by atoms with van der Waals surface area (Å²) in [5.74, 6) is 0.481. The van der Waals surface area contributed by atoms with Gasteiger partial charge < -0.3 is 19.5 Å². The molecule has 3 aromatic rings. The molecule has 28 heavy (non-hydrogen) atoms. The summed E-state index contributed by atoms with van der Waals surface area (Å²) in [5, 5.41) is 4.92. The van der Waals surface area contributed by atoms with Crippen molar-refractivity contribution in [1.82, 2.24) is 0 Å². The van der Waals surface area contributed by atoms with Gasteiger partial charge in [0, 0.05) is 16.6 Å². The first-order valence-corrected chi connectivity index (χ1v) is 9.63. The number of benzene rings is 3. The fourth-order valence-electron chi connectivity index (χ4n) is 2.76. The van der Waals surface area contributed by atoms with Crippen molar-refractivity contribution < 1.29 is 23.8 Å². The first kappa shape index (κ1) is 18.2. The van der Waals surface area contributed by atoms with E-state index < -0.39 is 11.9 Å². The van der Waals surface area contributed by atoms with Crippen LogP contribution >= 0.6 is 11.8 Å².